The molecular formula is C18H30IN3O3. The number of nitrogens with zero attached hydrogens (tertiary/aromatic N) is 1. The van der Waals surface area contributed by atoms with Gasteiger partial charge in [0.25, 0.3) is 0 Å². The minimum Gasteiger partial charge on any atom is -0.489 e. The van der Waals surface area contributed by atoms with Crippen molar-refractivity contribution in [1.29, 1.82) is 0 Å². The molecule has 0 spiro atoms. The molecule has 0 heterocycles. The van der Waals surface area contributed by atoms with E-state index in [4.69, 9.17) is 9.47 Å². The summed E-state index contributed by atoms with van der Waals surface area (Å²) in [7, 11) is 1.39. The summed E-state index contributed by atoms with van der Waals surface area (Å²) in [6.07, 6.45) is -0.0197. The standard InChI is InChI=1S/C18H29N3O3.HI/c1-6-19-18(20-11-14(3)17(22)23-5)21-12-15(4)24-16-9-7-8-13(2)10-16;/h7-10,14-15H,6,11-12H2,1-5H3,(H2,19,20,21);1H. The van der Waals surface area contributed by atoms with Crippen molar-refractivity contribution in [2.24, 2.45) is 10.9 Å². The van der Waals surface area contributed by atoms with Crippen molar-refractivity contribution in [2.45, 2.75) is 33.8 Å². The molecule has 1 rings (SSSR count). The second-order valence-electron chi connectivity index (χ2n) is 5.77. The molecule has 0 aliphatic rings. The van der Waals surface area contributed by atoms with Crippen LogP contribution < -0.4 is 15.4 Å². The lowest BCUT2D eigenvalue weighted by Gasteiger charge is -2.18. The summed E-state index contributed by atoms with van der Waals surface area (Å²) in [4.78, 5) is 15.8. The Morgan fingerprint density at radius 2 is 2.00 bits per heavy atom. The summed E-state index contributed by atoms with van der Waals surface area (Å²) in [5.74, 6) is 0.982. The predicted molar refractivity (Wildman–Crippen MR) is 112 cm³/mol. The summed E-state index contributed by atoms with van der Waals surface area (Å²) >= 11 is 0. The maximum Gasteiger partial charge on any atom is 0.310 e. The number of aliphatic imine (C=N–C) groups is 1. The van der Waals surface area contributed by atoms with E-state index in [1.165, 1.54) is 12.7 Å². The SMILES string of the molecule is CCNC(=NCC(C)C(=O)OC)NCC(C)Oc1cccc(C)c1.I. The highest BCUT2D eigenvalue weighted by Crippen LogP contribution is 2.13. The van der Waals surface area contributed by atoms with Gasteiger partial charge in [0, 0.05) is 6.54 Å². The zero-order valence-corrected chi connectivity index (χ0v) is 18.0. The predicted octanol–water partition coefficient (Wildman–Crippen LogP) is 2.74. The third kappa shape index (κ3) is 9.52. The van der Waals surface area contributed by atoms with Crippen LogP contribution in [0.2, 0.25) is 0 Å². The number of ether oxygens (including phenoxy) is 2. The average molecular weight is 463 g/mol. The number of guanidine groups is 1. The third-order valence-corrected chi connectivity index (χ3v) is 3.35. The molecular weight excluding hydrogens is 433 g/mol. The minimum absolute atomic E-state index is 0. The van der Waals surface area contributed by atoms with Crippen LogP contribution in [0.1, 0.15) is 26.3 Å². The monoisotopic (exact) mass is 463 g/mol. The Morgan fingerprint density at radius 1 is 1.28 bits per heavy atom. The van der Waals surface area contributed by atoms with Gasteiger partial charge in [0.15, 0.2) is 5.96 Å². The number of hydrogen-bond acceptors (Lipinski definition) is 4. The minimum atomic E-state index is -0.272. The molecule has 0 aliphatic heterocycles. The van der Waals surface area contributed by atoms with E-state index in [0.717, 1.165) is 12.3 Å². The van der Waals surface area contributed by atoms with Gasteiger partial charge in [-0.1, -0.05) is 19.1 Å². The van der Waals surface area contributed by atoms with Gasteiger partial charge >= 0.3 is 5.97 Å². The van der Waals surface area contributed by atoms with E-state index >= 15 is 0 Å². The Bertz CT molecular complexity index is 552. The number of nitrogens with one attached hydrogen (secondary N) is 2. The molecule has 0 saturated carbocycles. The fraction of sp³-hybridized carbons (Fsp3) is 0.556. The van der Waals surface area contributed by atoms with E-state index in [9.17, 15) is 4.79 Å². The molecule has 1 aromatic rings. The number of rotatable bonds is 8. The number of halogens is 1. The van der Waals surface area contributed by atoms with Crippen molar-refractivity contribution in [3.8, 4) is 5.75 Å². The Morgan fingerprint density at radius 3 is 2.60 bits per heavy atom. The van der Waals surface area contributed by atoms with Crippen LogP contribution in [-0.4, -0.2) is 44.8 Å². The topological polar surface area (TPSA) is 72.0 Å². The van der Waals surface area contributed by atoms with E-state index in [1.807, 2.05) is 45.0 Å². The Kier molecular flexibility index (Phi) is 12.0. The summed E-state index contributed by atoms with van der Waals surface area (Å²) < 4.78 is 10.6. The molecule has 2 N–H and O–H groups in total. The molecule has 1 aromatic carbocycles. The Hall–Kier alpha value is -1.51. The molecule has 7 heteroatoms. The van der Waals surface area contributed by atoms with E-state index < -0.39 is 0 Å². The van der Waals surface area contributed by atoms with Gasteiger partial charge < -0.3 is 20.1 Å². The molecule has 0 aliphatic carbocycles. The van der Waals surface area contributed by atoms with E-state index in [2.05, 4.69) is 15.6 Å². The lowest BCUT2D eigenvalue weighted by Crippen LogP contribution is -2.42. The molecule has 2 unspecified atom stereocenters. The van der Waals surface area contributed by atoms with Crippen LogP contribution in [0.15, 0.2) is 29.3 Å². The van der Waals surface area contributed by atoms with Gasteiger partial charge in [0.1, 0.15) is 11.9 Å². The van der Waals surface area contributed by atoms with Gasteiger partial charge in [-0.3, -0.25) is 9.79 Å². The van der Waals surface area contributed by atoms with Gasteiger partial charge in [-0.05, 0) is 38.5 Å². The normalized spacial score (nSPS) is 13.2. The number of esters is 1. The van der Waals surface area contributed by atoms with Crippen LogP contribution in [0.4, 0.5) is 0 Å². The number of aryl methyl sites for hydroxylation is 1. The van der Waals surface area contributed by atoms with Gasteiger partial charge in [0.05, 0.1) is 26.1 Å². The van der Waals surface area contributed by atoms with E-state index in [-0.39, 0.29) is 42.0 Å². The van der Waals surface area contributed by atoms with Crippen LogP contribution >= 0.6 is 24.0 Å². The van der Waals surface area contributed by atoms with Gasteiger partial charge in [0.2, 0.25) is 0 Å². The zero-order valence-electron chi connectivity index (χ0n) is 15.7. The third-order valence-electron chi connectivity index (χ3n) is 3.35. The molecule has 0 fully saturated rings. The molecule has 0 saturated heterocycles. The van der Waals surface area contributed by atoms with Crippen molar-refractivity contribution in [3.05, 3.63) is 29.8 Å². The second kappa shape index (κ2) is 12.8. The highest BCUT2D eigenvalue weighted by molar-refractivity contribution is 14.0. The summed E-state index contributed by atoms with van der Waals surface area (Å²) in [6, 6.07) is 7.97. The number of carbonyl (C=O) groups is 1. The number of methoxy groups -OCH3 is 1. The van der Waals surface area contributed by atoms with Crippen LogP contribution in [0.25, 0.3) is 0 Å². The number of hydrogen-bond donors (Lipinski definition) is 2. The first-order chi connectivity index (χ1) is 11.5. The molecule has 0 amide bonds. The number of carbonyl (C=O) groups excluding carboxylic acids is 1. The fourth-order valence-electron chi connectivity index (χ4n) is 2.05. The van der Waals surface area contributed by atoms with Crippen molar-refractivity contribution >= 4 is 35.9 Å². The molecule has 2 atom stereocenters. The lowest BCUT2D eigenvalue weighted by molar-refractivity contribution is -0.144. The highest BCUT2D eigenvalue weighted by Gasteiger charge is 2.13. The maximum absolute atomic E-state index is 11.4. The van der Waals surface area contributed by atoms with Crippen LogP contribution in [0.3, 0.4) is 0 Å². The van der Waals surface area contributed by atoms with Crippen molar-refractivity contribution in [3.63, 3.8) is 0 Å². The average Bonchev–Trinajstić information content (AvgIpc) is 2.56. The van der Waals surface area contributed by atoms with Crippen LogP contribution in [0, 0.1) is 12.8 Å². The largest absolute Gasteiger partial charge is 0.489 e. The first-order valence-electron chi connectivity index (χ1n) is 8.29. The van der Waals surface area contributed by atoms with Crippen molar-refractivity contribution in [1.82, 2.24) is 10.6 Å². The molecule has 0 radical (unpaired) electrons. The van der Waals surface area contributed by atoms with E-state index in [0.29, 0.717) is 19.0 Å². The Balaban J connectivity index is 0.00000576. The molecule has 142 valence electrons. The number of benzene rings is 1. The summed E-state index contributed by atoms with van der Waals surface area (Å²) in [6.45, 7) is 9.53. The quantitative estimate of drug-likeness (QED) is 0.269. The fourth-order valence-corrected chi connectivity index (χ4v) is 2.05. The van der Waals surface area contributed by atoms with Crippen molar-refractivity contribution < 1.29 is 14.3 Å². The van der Waals surface area contributed by atoms with Crippen LogP contribution in [0.5, 0.6) is 5.75 Å². The summed E-state index contributed by atoms with van der Waals surface area (Å²) in [5, 5.41) is 6.38. The van der Waals surface area contributed by atoms with Crippen molar-refractivity contribution in [2.75, 3.05) is 26.7 Å². The molecule has 0 bridgehead atoms. The highest BCUT2D eigenvalue weighted by atomic mass is 127. The maximum atomic E-state index is 11.4. The molecule has 6 nitrogen and oxygen atoms in total. The van der Waals surface area contributed by atoms with Gasteiger partial charge in [-0.15, -0.1) is 24.0 Å². The molecule has 0 aromatic heterocycles. The lowest BCUT2D eigenvalue weighted by atomic mass is 10.2. The smallest absolute Gasteiger partial charge is 0.310 e. The van der Waals surface area contributed by atoms with Gasteiger partial charge in [-0.25, -0.2) is 0 Å². The molecule has 25 heavy (non-hydrogen) atoms. The first kappa shape index (κ1) is 23.5. The van der Waals surface area contributed by atoms with Gasteiger partial charge in [-0.2, -0.15) is 0 Å². The van der Waals surface area contributed by atoms with Crippen LogP contribution in [-0.2, 0) is 9.53 Å². The first-order valence-corrected chi connectivity index (χ1v) is 8.29. The van der Waals surface area contributed by atoms with E-state index in [1.54, 1.807) is 6.92 Å². The Labute approximate surface area is 167 Å². The second-order valence-corrected chi connectivity index (χ2v) is 5.77. The summed E-state index contributed by atoms with van der Waals surface area (Å²) in [5.41, 5.74) is 1.17. The zero-order chi connectivity index (χ0) is 17.9.